The van der Waals surface area contributed by atoms with E-state index in [0.29, 0.717) is 34.8 Å². The number of ether oxygens (including phenoxy) is 3. The number of esters is 1. The number of nitrogens with zero attached hydrogens (tertiary/aromatic N) is 2. The molecule has 1 unspecified atom stereocenters. The highest BCUT2D eigenvalue weighted by atomic mass is 16.7. The Bertz CT molecular complexity index is 1290. The Balaban J connectivity index is 0.000000582. The molecule has 0 spiro atoms. The maximum absolute atomic E-state index is 12.9. The van der Waals surface area contributed by atoms with E-state index in [1.807, 2.05) is 46.8 Å². The molecule has 8 heteroatoms. The SMILES string of the molecule is CC.CC.Cc1c2c(cc3nc4c(cc13)Cn1c-4cc3c(c1=O)COC(=O)C3O)OCO2. The molecular weight excluding hydrogens is 412 g/mol. The molecule has 0 aliphatic carbocycles. The first-order valence-electron chi connectivity index (χ1n) is 10.9. The van der Waals surface area contributed by atoms with Crippen LogP contribution in [0.1, 0.15) is 56.1 Å². The molecule has 168 valence electrons. The highest BCUT2D eigenvalue weighted by Crippen LogP contribution is 2.42. The van der Waals surface area contributed by atoms with Crippen molar-refractivity contribution in [1.29, 1.82) is 0 Å². The molecule has 3 aromatic rings. The van der Waals surface area contributed by atoms with Crippen LogP contribution < -0.4 is 15.0 Å². The molecule has 0 saturated heterocycles. The third-order valence-corrected chi connectivity index (χ3v) is 5.67. The number of cyclic esters (lactones) is 1. The number of aliphatic hydroxyl groups excluding tert-OH is 1. The number of fused-ring (bicyclic) bond motifs is 6. The molecule has 32 heavy (non-hydrogen) atoms. The summed E-state index contributed by atoms with van der Waals surface area (Å²) in [6.45, 7) is 10.4. The smallest absolute Gasteiger partial charge is 0.340 e. The summed E-state index contributed by atoms with van der Waals surface area (Å²) in [6.07, 6.45) is -1.46. The fourth-order valence-corrected chi connectivity index (χ4v) is 4.23. The van der Waals surface area contributed by atoms with Crippen LogP contribution in [0.25, 0.3) is 22.3 Å². The van der Waals surface area contributed by atoms with Gasteiger partial charge in [-0.1, -0.05) is 27.7 Å². The molecule has 3 aliphatic rings. The minimum Gasteiger partial charge on any atom is -0.458 e. The second-order valence-electron chi connectivity index (χ2n) is 7.16. The number of carbonyl (C=O) groups is 1. The van der Waals surface area contributed by atoms with E-state index in [4.69, 9.17) is 19.2 Å². The number of benzene rings is 1. The zero-order valence-corrected chi connectivity index (χ0v) is 18.8. The van der Waals surface area contributed by atoms with Crippen molar-refractivity contribution in [2.24, 2.45) is 0 Å². The van der Waals surface area contributed by atoms with Crippen LogP contribution in [0.3, 0.4) is 0 Å². The zero-order valence-electron chi connectivity index (χ0n) is 18.8. The van der Waals surface area contributed by atoms with E-state index in [1.165, 1.54) is 0 Å². The van der Waals surface area contributed by atoms with Crippen molar-refractivity contribution in [2.75, 3.05) is 6.79 Å². The van der Waals surface area contributed by atoms with Gasteiger partial charge in [-0.2, -0.15) is 0 Å². The Morgan fingerprint density at radius 1 is 1.06 bits per heavy atom. The van der Waals surface area contributed by atoms with Gasteiger partial charge in [0, 0.05) is 28.1 Å². The van der Waals surface area contributed by atoms with E-state index in [1.54, 1.807) is 10.6 Å². The van der Waals surface area contributed by atoms with E-state index >= 15 is 0 Å². The largest absolute Gasteiger partial charge is 0.458 e. The predicted octanol–water partition coefficient (Wildman–Crippen LogP) is 3.60. The summed E-state index contributed by atoms with van der Waals surface area (Å²) < 4.78 is 17.6. The number of carbonyl (C=O) groups excluding carboxylic acids is 1. The van der Waals surface area contributed by atoms with Crippen molar-refractivity contribution in [2.45, 2.75) is 53.9 Å². The summed E-state index contributed by atoms with van der Waals surface area (Å²) in [6, 6.07) is 5.52. The van der Waals surface area contributed by atoms with E-state index in [9.17, 15) is 14.7 Å². The van der Waals surface area contributed by atoms with E-state index in [-0.39, 0.29) is 19.0 Å². The predicted molar refractivity (Wildman–Crippen MR) is 119 cm³/mol. The molecule has 0 bridgehead atoms. The molecule has 0 fully saturated rings. The van der Waals surface area contributed by atoms with Crippen molar-refractivity contribution in [1.82, 2.24) is 9.55 Å². The number of aliphatic hydroxyl groups is 1. The molecule has 1 aromatic carbocycles. The van der Waals surface area contributed by atoms with Gasteiger partial charge in [-0.05, 0) is 19.1 Å². The summed E-state index contributed by atoms with van der Waals surface area (Å²) in [4.78, 5) is 29.4. The van der Waals surface area contributed by atoms with E-state index in [0.717, 1.165) is 27.8 Å². The Morgan fingerprint density at radius 3 is 2.56 bits per heavy atom. The monoisotopic (exact) mass is 438 g/mol. The number of aromatic nitrogens is 2. The Kier molecular flexibility index (Phi) is 5.64. The minimum atomic E-state index is -1.46. The number of pyridine rings is 2. The van der Waals surface area contributed by atoms with Gasteiger partial charge in [-0.3, -0.25) is 4.79 Å². The molecule has 0 saturated carbocycles. The number of aryl methyl sites for hydroxylation is 1. The van der Waals surface area contributed by atoms with Gasteiger partial charge in [0.25, 0.3) is 5.56 Å². The van der Waals surface area contributed by atoms with Gasteiger partial charge in [0.05, 0.1) is 29.0 Å². The summed E-state index contributed by atoms with van der Waals surface area (Å²) in [7, 11) is 0. The van der Waals surface area contributed by atoms with Crippen molar-refractivity contribution in [3.05, 3.63) is 50.8 Å². The van der Waals surface area contributed by atoms with Gasteiger partial charge in [0.15, 0.2) is 17.6 Å². The molecule has 1 atom stereocenters. The third-order valence-electron chi connectivity index (χ3n) is 5.67. The first-order chi connectivity index (χ1) is 15.5. The lowest BCUT2D eigenvalue weighted by Crippen LogP contribution is -2.32. The molecule has 0 radical (unpaired) electrons. The van der Waals surface area contributed by atoms with Gasteiger partial charge < -0.3 is 23.9 Å². The molecule has 5 heterocycles. The standard InChI is InChI=1S/C20H14N2O6.2C2H6/c1-8-10-2-9-5-22-14(3-11-12(19(22)24)6-26-20(25)17(11)23)16(9)21-13(10)4-15-18(8)28-7-27-15;2*1-2/h2-4,17,23H,5-7H2,1H3;2*1-2H3. The summed E-state index contributed by atoms with van der Waals surface area (Å²) >= 11 is 0. The Morgan fingerprint density at radius 2 is 1.81 bits per heavy atom. The minimum absolute atomic E-state index is 0.128. The zero-order chi connectivity index (χ0) is 23.2. The first kappa shape index (κ1) is 21.8. The molecule has 2 aromatic heterocycles. The molecule has 6 rings (SSSR count). The van der Waals surface area contributed by atoms with Crippen molar-refractivity contribution >= 4 is 16.9 Å². The maximum Gasteiger partial charge on any atom is 0.340 e. The first-order valence-corrected chi connectivity index (χ1v) is 10.9. The van der Waals surface area contributed by atoms with E-state index in [2.05, 4.69) is 0 Å². The van der Waals surface area contributed by atoms with Crippen molar-refractivity contribution in [3.63, 3.8) is 0 Å². The van der Waals surface area contributed by atoms with Crippen LogP contribution in [0.2, 0.25) is 0 Å². The van der Waals surface area contributed by atoms with E-state index < -0.39 is 12.1 Å². The lowest BCUT2D eigenvalue weighted by atomic mass is 10.00. The van der Waals surface area contributed by atoms with Crippen LogP contribution >= 0.6 is 0 Å². The summed E-state index contributed by atoms with van der Waals surface area (Å²) in [5.74, 6) is 0.623. The maximum atomic E-state index is 12.9. The molecule has 3 aliphatic heterocycles. The average Bonchev–Trinajstić information content (AvgIpc) is 3.43. The van der Waals surface area contributed by atoms with Crippen LogP contribution in [0, 0.1) is 6.92 Å². The molecular formula is C24H26N2O6. The van der Waals surface area contributed by atoms with Gasteiger partial charge in [0.2, 0.25) is 6.79 Å². The van der Waals surface area contributed by atoms with Crippen LogP contribution in [0.15, 0.2) is 23.0 Å². The van der Waals surface area contributed by atoms with Crippen LogP contribution in [0.4, 0.5) is 0 Å². The Hall–Kier alpha value is -3.39. The third kappa shape index (κ3) is 3.05. The quantitative estimate of drug-likeness (QED) is 0.419. The van der Waals surface area contributed by atoms with Crippen LogP contribution in [0.5, 0.6) is 11.5 Å². The van der Waals surface area contributed by atoms with Crippen LogP contribution in [-0.2, 0) is 22.7 Å². The van der Waals surface area contributed by atoms with Crippen molar-refractivity contribution < 1.29 is 24.1 Å². The Labute approximate surface area is 185 Å². The second-order valence-corrected chi connectivity index (χ2v) is 7.16. The van der Waals surface area contributed by atoms with Crippen molar-refractivity contribution in [3.8, 4) is 22.9 Å². The van der Waals surface area contributed by atoms with Gasteiger partial charge in [-0.15, -0.1) is 0 Å². The second kappa shape index (κ2) is 8.27. The lowest BCUT2D eigenvalue weighted by Gasteiger charge is -2.21. The summed E-state index contributed by atoms with van der Waals surface area (Å²) in [5, 5.41) is 11.1. The number of hydrogen-bond donors (Lipinski definition) is 1. The highest BCUT2D eigenvalue weighted by molar-refractivity contribution is 5.90. The highest BCUT2D eigenvalue weighted by Gasteiger charge is 2.34. The number of rotatable bonds is 0. The van der Waals surface area contributed by atoms with Crippen LogP contribution in [-0.4, -0.2) is 27.4 Å². The molecule has 8 nitrogen and oxygen atoms in total. The van der Waals surface area contributed by atoms with Gasteiger partial charge in [0.1, 0.15) is 6.61 Å². The normalized spacial score (nSPS) is 16.7. The fraction of sp³-hybridized carbons (Fsp3) is 0.375. The summed E-state index contributed by atoms with van der Waals surface area (Å²) in [5.41, 5.74) is 4.16. The van der Waals surface area contributed by atoms with Gasteiger partial charge in [-0.25, -0.2) is 9.78 Å². The fourth-order valence-electron chi connectivity index (χ4n) is 4.23. The number of hydrogen-bond acceptors (Lipinski definition) is 7. The topological polar surface area (TPSA) is 99.9 Å². The lowest BCUT2D eigenvalue weighted by molar-refractivity contribution is -0.157. The average molecular weight is 438 g/mol. The molecule has 0 amide bonds. The molecule has 1 N–H and O–H groups in total. The van der Waals surface area contributed by atoms with Gasteiger partial charge >= 0.3 is 5.97 Å².